The smallest absolute Gasteiger partial charge is 0.330 e. The molecule has 0 saturated heterocycles. The van der Waals surface area contributed by atoms with Gasteiger partial charge in [-0.15, -0.1) is 0 Å². The number of hydrogen-bond donors (Lipinski definition) is 0. The van der Waals surface area contributed by atoms with Crippen LogP contribution in [0.5, 0.6) is 0 Å². The SMILES string of the molecule is C=CC(=O)OC(C)CC(C)(C)CC(C)CC. The van der Waals surface area contributed by atoms with Crippen molar-refractivity contribution in [3.05, 3.63) is 12.7 Å². The molecule has 0 aliphatic rings. The molecule has 0 radical (unpaired) electrons. The molecule has 0 spiro atoms. The topological polar surface area (TPSA) is 26.3 Å². The van der Waals surface area contributed by atoms with Crippen molar-refractivity contribution >= 4 is 5.97 Å². The van der Waals surface area contributed by atoms with Crippen LogP contribution in [0.25, 0.3) is 0 Å². The molecule has 0 heterocycles. The Balaban J connectivity index is 4.13. The molecule has 0 aromatic rings. The summed E-state index contributed by atoms with van der Waals surface area (Å²) in [5.74, 6) is 0.393. The molecule has 2 heteroatoms. The van der Waals surface area contributed by atoms with Gasteiger partial charge in [-0.2, -0.15) is 0 Å². The quantitative estimate of drug-likeness (QED) is 0.485. The highest BCUT2D eigenvalue weighted by Gasteiger charge is 2.24. The van der Waals surface area contributed by atoms with Crippen molar-refractivity contribution in [3.8, 4) is 0 Å². The van der Waals surface area contributed by atoms with Crippen LogP contribution in [-0.2, 0) is 9.53 Å². The Kier molecular flexibility index (Phi) is 6.39. The van der Waals surface area contributed by atoms with Gasteiger partial charge in [-0.1, -0.05) is 40.7 Å². The third-order valence-corrected chi connectivity index (χ3v) is 2.92. The van der Waals surface area contributed by atoms with E-state index in [0.29, 0.717) is 0 Å². The van der Waals surface area contributed by atoms with Crippen molar-refractivity contribution in [2.75, 3.05) is 0 Å². The zero-order chi connectivity index (χ0) is 12.8. The van der Waals surface area contributed by atoms with E-state index in [2.05, 4.69) is 34.3 Å². The molecule has 0 saturated carbocycles. The molecular formula is C14H26O2. The van der Waals surface area contributed by atoms with Gasteiger partial charge in [0.25, 0.3) is 0 Å². The van der Waals surface area contributed by atoms with E-state index in [-0.39, 0.29) is 17.5 Å². The summed E-state index contributed by atoms with van der Waals surface area (Å²) in [6, 6.07) is 0. The Bertz CT molecular complexity index is 231. The van der Waals surface area contributed by atoms with Crippen molar-refractivity contribution in [1.29, 1.82) is 0 Å². The minimum Gasteiger partial charge on any atom is -0.460 e. The van der Waals surface area contributed by atoms with Crippen molar-refractivity contribution in [2.45, 2.75) is 60.0 Å². The Morgan fingerprint density at radius 1 is 1.38 bits per heavy atom. The molecule has 0 aromatic heterocycles. The van der Waals surface area contributed by atoms with E-state index in [1.54, 1.807) is 0 Å². The minimum atomic E-state index is -0.327. The lowest BCUT2D eigenvalue weighted by atomic mass is 9.78. The molecule has 0 N–H and O–H groups in total. The highest BCUT2D eigenvalue weighted by molar-refractivity contribution is 5.81. The first-order valence-corrected chi connectivity index (χ1v) is 6.13. The summed E-state index contributed by atoms with van der Waals surface area (Å²) in [5, 5.41) is 0. The van der Waals surface area contributed by atoms with Gasteiger partial charge < -0.3 is 4.74 Å². The van der Waals surface area contributed by atoms with Crippen LogP contribution in [0.1, 0.15) is 53.9 Å². The summed E-state index contributed by atoms with van der Waals surface area (Å²) in [5.41, 5.74) is 0.219. The summed E-state index contributed by atoms with van der Waals surface area (Å²) in [6.45, 7) is 14.3. The first-order valence-electron chi connectivity index (χ1n) is 6.13. The van der Waals surface area contributed by atoms with Crippen LogP contribution in [0.15, 0.2) is 12.7 Å². The number of carbonyl (C=O) groups is 1. The second-order valence-electron chi connectivity index (χ2n) is 5.54. The molecule has 2 atom stereocenters. The average Bonchev–Trinajstić information content (AvgIpc) is 2.15. The van der Waals surface area contributed by atoms with Crippen molar-refractivity contribution < 1.29 is 9.53 Å². The van der Waals surface area contributed by atoms with E-state index in [1.807, 2.05) is 6.92 Å². The maximum absolute atomic E-state index is 11.0. The van der Waals surface area contributed by atoms with E-state index in [9.17, 15) is 4.79 Å². The van der Waals surface area contributed by atoms with Crippen molar-refractivity contribution in [2.24, 2.45) is 11.3 Å². The maximum Gasteiger partial charge on any atom is 0.330 e. The van der Waals surface area contributed by atoms with Crippen molar-refractivity contribution in [1.82, 2.24) is 0 Å². The highest BCUT2D eigenvalue weighted by atomic mass is 16.5. The second-order valence-corrected chi connectivity index (χ2v) is 5.54. The van der Waals surface area contributed by atoms with Gasteiger partial charge >= 0.3 is 5.97 Å². The van der Waals surface area contributed by atoms with Gasteiger partial charge in [0, 0.05) is 6.08 Å². The molecule has 0 rings (SSSR count). The minimum absolute atomic E-state index is 0.0374. The molecular weight excluding hydrogens is 200 g/mol. The number of esters is 1. The largest absolute Gasteiger partial charge is 0.460 e. The average molecular weight is 226 g/mol. The molecule has 0 aromatic carbocycles. The van der Waals surface area contributed by atoms with Gasteiger partial charge in [-0.3, -0.25) is 0 Å². The number of ether oxygens (including phenoxy) is 1. The van der Waals surface area contributed by atoms with Crippen LogP contribution in [0.3, 0.4) is 0 Å². The zero-order valence-corrected chi connectivity index (χ0v) is 11.4. The Labute approximate surface area is 100 Å². The van der Waals surface area contributed by atoms with Gasteiger partial charge in [0.1, 0.15) is 0 Å². The molecule has 0 aliphatic heterocycles. The van der Waals surface area contributed by atoms with E-state index in [1.165, 1.54) is 18.9 Å². The number of carbonyl (C=O) groups excluding carboxylic acids is 1. The molecule has 0 bridgehead atoms. The predicted molar refractivity (Wildman–Crippen MR) is 68.2 cm³/mol. The summed E-state index contributed by atoms with van der Waals surface area (Å²) in [4.78, 5) is 11.0. The van der Waals surface area contributed by atoms with E-state index in [0.717, 1.165) is 12.3 Å². The van der Waals surface area contributed by atoms with Crippen LogP contribution in [0.4, 0.5) is 0 Å². The first-order chi connectivity index (χ1) is 7.30. The van der Waals surface area contributed by atoms with E-state index < -0.39 is 0 Å². The van der Waals surface area contributed by atoms with Crippen LogP contribution in [0, 0.1) is 11.3 Å². The molecule has 2 nitrogen and oxygen atoms in total. The molecule has 2 unspecified atom stereocenters. The molecule has 0 fully saturated rings. The fraction of sp³-hybridized carbons (Fsp3) is 0.786. The Morgan fingerprint density at radius 2 is 1.94 bits per heavy atom. The fourth-order valence-electron chi connectivity index (χ4n) is 2.24. The molecule has 94 valence electrons. The lowest BCUT2D eigenvalue weighted by Crippen LogP contribution is -2.24. The van der Waals surface area contributed by atoms with Crippen LogP contribution < -0.4 is 0 Å². The van der Waals surface area contributed by atoms with Gasteiger partial charge in [0.05, 0.1) is 6.10 Å². The monoisotopic (exact) mass is 226 g/mol. The number of hydrogen-bond acceptors (Lipinski definition) is 2. The van der Waals surface area contributed by atoms with Crippen LogP contribution >= 0.6 is 0 Å². The fourth-order valence-corrected chi connectivity index (χ4v) is 2.24. The summed E-state index contributed by atoms with van der Waals surface area (Å²) < 4.78 is 5.19. The third-order valence-electron chi connectivity index (χ3n) is 2.92. The van der Waals surface area contributed by atoms with Gasteiger partial charge in [-0.05, 0) is 31.1 Å². The zero-order valence-electron chi connectivity index (χ0n) is 11.4. The summed E-state index contributed by atoms with van der Waals surface area (Å²) >= 11 is 0. The van der Waals surface area contributed by atoms with Gasteiger partial charge in [-0.25, -0.2) is 4.79 Å². The Morgan fingerprint density at radius 3 is 2.38 bits per heavy atom. The lowest BCUT2D eigenvalue weighted by molar-refractivity contribution is -0.143. The summed E-state index contributed by atoms with van der Waals surface area (Å²) in [6.07, 6.45) is 4.45. The van der Waals surface area contributed by atoms with Crippen LogP contribution in [-0.4, -0.2) is 12.1 Å². The third kappa shape index (κ3) is 6.65. The standard InChI is InChI=1S/C14H26O2/c1-7-11(3)9-14(5,6)10-12(4)16-13(15)8-2/h8,11-12H,2,7,9-10H2,1,3-6H3. The molecule has 0 aliphatic carbocycles. The predicted octanol–water partition coefficient (Wildman–Crippen LogP) is 3.96. The van der Waals surface area contributed by atoms with Gasteiger partial charge in [0.2, 0.25) is 0 Å². The second kappa shape index (κ2) is 6.72. The maximum atomic E-state index is 11.0. The first kappa shape index (κ1) is 15.2. The van der Waals surface area contributed by atoms with E-state index in [4.69, 9.17) is 4.74 Å². The van der Waals surface area contributed by atoms with Crippen molar-refractivity contribution in [3.63, 3.8) is 0 Å². The molecule has 0 amide bonds. The normalized spacial score (nSPS) is 15.3. The van der Waals surface area contributed by atoms with Crippen LogP contribution in [0.2, 0.25) is 0 Å². The van der Waals surface area contributed by atoms with E-state index >= 15 is 0 Å². The Hall–Kier alpha value is -0.790. The molecule has 16 heavy (non-hydrogen) atoms. The summed E-state index contributed by atoms with van der Waals surface area (Å²) in [7, 11) is 0. The number of rotatable bonds is 7. The lowest BCUT2D eigenvalue weighted by Gasteiger charge is -2.30. The highest BCUT2D eigenvalue weighted by Crippen LogP contribution is 2.32. The van der Waals surface area contributed by atoms with Gasteiger partial charge in [0.15, 0.2) is 0 Å².